The van der Waals surface area contributed by atoms with Gasteiger partial charge in [-0.05, 0) is 49.7 Å². The molecule has 0 aliphatic heterocycles. The van der Waals surface area contributed by atoms with Gasteiger partial charge in [-0.3, -0.25) is 9.48 Å². The van der Waals surface area contributed by atoms with Gasteiger partial charge in [0.25, 0.3) is 0 Å². The molecule has 5 nitrogen and oxygen atoms in total. The van der Waals surface area contributed by atoms with Crippen molar-refractivity contribution in [3.8, 4) is 0 Å². The molecule has 6 heteroatoms. The van der Waals surface area contributed by atoms with E-state index in [0.29, 0.717) is 24.5 Å². The zero-order chi connectivity index (χ0) is 19.2. The maximum Gasteiger partial charge on any atom is 0.220 e. The highest BCUT2D eigenvalue weighted by molar-refractivity contribution is 6.30. The second kappa shape index (κ2) is 8.91. The Bertz CT molecular complexity index is 868. The monoisotopic (exact) mass is 384 g/mol. The summed E-state index contributed by atoms with van der Waals surface area (Å²) in [6, 6.07) is 13.8. The number of hydrogen-bond acceptors (Lipinski definition) is 2. The lowest BCUT2D eigenvalue weighted by atomic mass is 9.95. The van der Waals surface area contributed by atoms with E-state index >= 15 is 0 Å². The summed E-state index contributed by atoms with van der Waals surface area (Å²) in [5, 5.41) is 8.15. The summed E-state index contributed by atoms with van der Waals surface area (Å²) >= 11 is 6.01. The fraction of sp³-hybridized carbons (Fsp3) is 0.333. The predicted molar refractivity (Wildman–Crippen MR) is 108 cm³/mol. The second-order valence-corrected chi connectivity index (χ2v) is 7.27. The molecule has 0 bridgehead atoms. The SMILES string of the molecule is Cc1cc(C)n(CCNC(=O)C[C@H](Cn2cccc2)c2ccc(Cl)cc2)n1. The molecule has 3 aromatic rings. The Morgan fingerprint density at radius 1 is 1.19 bits per heavy atom. The Labute approximate surface area is 165 Å². The van der Waals surface area contributed by atoms with Gasteiger partial charge in [-0.15, -0.1) is 0 Å². The lowest BCUT2D eigenvalue weighted by Gasteiger charge is -2.18. The number of aryl methyl sites for hydroxylation is 2. The fourth-order valence-electron chi connectivity index (χ4n) is 3.27. The van der Waals surface area contributed by atoms with Gasteiger partial charge in [0, 0.05) is 48.5 Å². The van der Waals surface area contributed by atoms with Crippen LogP contribution in [0.2, 0.25) is 5.02 Å². The van der Waals surface area contributed by atoms with E-state index in [-0.39, 0.29) is 11.8 Å². The maximum absolute atomic E-state index is 12.5. The van der Waals surface area contributed by atoms with Crippen LogP contribution >= 0.6 is 11.6 Å². The molecule has 1 N–H and O–H groups in total. The Balaban J connectivity index is 1.59. The summed E-state index contributed by atoms with van der Waals surface area (Å²) in [7, 11) is 0. The van der Waals surface area contributed by atoms with Crippen molar-refractivity contribution in [2.75, 3.05) is 6.54 Å². The molecule has 0 aliphatic rings. The number of halogens is 1. The summed E-state index contributed by atoms with van der Waals surface area (Å²) in [6.07, 6.45) is 4.46. The Morgan fingerprint density at radius 3 is 2.52 bits per heavy atom. The van der Waals surface area contributed by atoms with Gasteiger partial charge in [0.05, 0.1) is 12.2 Å². The molecule has 27 heavy (non-hydrogen) atoms. The van der Waals surface area contributed by atoms with Gasteiger partial charge in [-0.1, -0.05) is 23.7 Å². The van der Waals surface area contributed by atoms with Gasteiger partial charge in [-0.25, -0.2) is 0 Å². The van der Waals surface area contributed by atoms with Crippen LogP contribution in [0.3, 0.4) is 0 Å². The van der Waals surface area contributed by atoms with E-state index in [9.17, 15) is 4.79 Å². The van der Waals surface area contributed by atoms with E-state index in [4.69, 9.17) is 11.6 Å². The molecule has 0 fully saturated rings. The van der Waals surface area contributed by atoms with Crippen LogP contribution in [0.4, 0.5) is 0 Å². The molecule has 0 spiro atoms. The molecule has 3 rings (SSSR count). The van der Waals surface area contributed by atoms with Gasteiger partial charge in [0.2, 0.25) is 5.91 Å². The highest BCUT2D eigenvalue weighted by Crippen LogP contribution is 2.23. The molecule has 1 aromatic carbocycles. The number of carbonyl (C=O) groups is 1. The molecule has 0 aliphatic carbocycles. The van der Waals surface area contributed by atoms with E-state index < -0.39 is 0 Å². The summed E-state index contributed by atoms with van der Waals surface area (Å²) in [5.41, 5.74) is 3.21. The topological polar surface area (TPSA) is 51.9 Å². The van der Waals surface area contributed by atoms with Crippen LogP contribution < -0.4 is 5.32 Å². The zero-order valence-corrected chi connectivity index (χ0v) is 16.5. The molecule has 0 saturated carbocycles. The Hall–Kier alpha value is -2.53. The summed E-state index contributed by atoms with van der Waals surface area (Å²) in [6.45, 7) is 5.99. The van der Waals surface area contributed by atoms with Crippen LogP contribution in [-0.4, -0.2) is 26.8 Å². The average Bonchev–Trinajstić information content (AvgIpc) is 3.24. The van der Waals surface area contributed by atoms with Crippen LogP contribution in [0.5, 0.6) is 0 Å². The van der Waals surface area contributed by atoms with Crippen LogP contribution in [0.25, 0.3) is 0 Å². The van der Waals surface area contributed by atoms with Crippen LogP contribution in [0, 0.1) is 13.8 Å². The van der Waals surface area contributed by atoms with Crippen LogP contribution in [0.1, 0.15) is 29.3 Å². The maximum atomic E-state index is 12.5. The first-order valence-electron chi connectivity index (χ1n) is 9.15. The van der Waals surface area contributed by atoms with Crippen molar-refractivity contribution >= 4 is 17.5 Å². The van der Waals surface area contributed by atoms with Crippen molar-refractivity contribution < 1.29 is 4.79 Å². The van der Waals surface area contributed by atoms with E-state index in [1.807, 2.05) is 73.4 Å². The lowest BCUT2D eigenvalue weighted by Crippen LogP contribution is -2.29. The van der Waals surface area contributed by atoms with Crippen LogP contribution in [-0.2, 0) is 17.9 Å². The average molecular weight is 385 g/mol. The first-order chi connectivity index (χ1) is 13.0. The number of aromatic nitrogens is 3. The number of hydrogen-bond donors (Lipinski definition) is 1. The zero-order valence-electron chi connectivity index (χ0n) is 15.7. The third-order valence-corrected chi connectivity index (χ3v) is 4.87. The summed E-state index contributed by atoms with van der Waals surface area (Å²) in [5.74, 6) is 0.131. The molecular formula is C21H25ClN4O. The van der Waals surface area contributed by atoms with Crippen molar-refractivity contribution in [2.24, 2.45) is 0 Å². The van der Waals surface area contributed by atoms with E-state index in [2.05, 4.69) is 15.0 Å². The van der Waals surface area contributed by atoms with E-state index in [1.54, 1.807) is 0 Å². The second-order valence-electron chi connectivity index (χ2n) is 6.83. The molecule has 0 radical (unpaired) electrons. The van der Waals surface area contributed by atoms with Gasteiger partial charge in [0.1, 0.15) is 0 Å². The fourth-order valence-corrected chi connectivity index (χ4v) is 3.39. The third kappa shape index (κ3) is 5.47. The van der Waals surface area contributed by atoms with Crippen molar-refractivity contribution in [3.05, 3.63) is 76.8 Å². The van der Waals surface area contributed by atoms with Gasteiger partial charge >= 0.3 is 0 Å². The highest BCUT2D eigenvalue weighted by Gasteiger charge is 2.17. The van der Waals surface area contributed by atoms with Crippen molar-refractivity contribution in [2.45, 2.75) is 39.3 Å². The molecule has 1 amide bonds. The number of amides is 1. The summed E-state index contributed by atoms with van der Waals surface area (Å²) < 4.78 is 4.02. The molecular weight excluding hydrogens is 360 g/mol. The quantitative estimate of drug-likeness (QED) is 0.639. The minimum absolute atomic E-state index is 0.0450. The van der Waals surface area contributed by atoms with E-state index in [1.165, 1.54) is 0 Å². The lowest BCUT2D eigenvalue weighted by molar-refractivity contribution is -0.121. The number of nitrogens with zero attached hydrogens (tertiary/aromatic N) is 3. The standard InChI is InChI=1S/C21H25ClN4O/c1-16-13-17(2)26(24-16)12-9-23-21(27)14-19(15-25-10-3-4-11-25)18-5-7-20(22)8-6-18/h3-8,10-11,13,19H,9,12,14-15H2,1-2H3,(H,23,27)/t19-/m1/s1. The van der Waals surface area contributed by atoms with E-state index in [0.717, 1.165) is 23.5 Å². The minimum Gasteiger partial charge on any atom is -0.354 e. The van der Waals surface area contributed by atoms with Gasteiger partial charge < -0.3 is 9.88 Å². The molecule has 2 aromatic heterocycles. The molecule has 142 valence electrons. The van der Waals surface area contributed by atoms with Gasteiger partial charge in [-0.2, -0.15) is 5.10 Å². The van der Waals surface area contributed by atoms with Crippen molar-refractivity contribution in [1.82, 2.24) is 19.7 Å². The normalized spacial score (nSPS) is 12.1. The number of carbonyl (C=O) groups excluding carboxylic acids is 1. The van der Waals surface area contributed by atoms with Gasteiger partial charge in [0.15, 0.2) is 0 Å². The number of nitrogens with one attached hydrogen (secondary N) is 1. The Kier molecular flexibility index (Phi) is 6.35. The van der Waals surface area contributed by atoms with Crippen molar-refractivity contribution in [1.29, 1.82) is 0 Å². The molecule has 1 atom stereocenters. The van der Waals surface area contributed by atoms with Crippen LogP contribution in [0.15, 0.2) is 54.9 Å². The summed E-state index contributed by atoms with van der Waals surface area (Å²) in [4.78, 5) is 12.5. The predicted octanol–water partition coefficient (Wildman–Crippen LogP) is 3.95. The largest absolute Gasteiger partial charge is 0.354 e. The molecule has 0 unspecified atom stereocenters. The van der Waals surface area contributed by atoms with Crippen molar-refractivity contribution in [3.63, 3.8) is 0 Å². The minimum atomic E-state index is 0.0450. The smallest absolute Gasteiger partial charge is 0.220 e. The number of benzene rings is 1. The first-order valence-corrected chi connectivity index (χ1v) is 9.53. The number of rotatable bonds is 8. The first kappa shape index (κ1) is 19.2. The highest BCUT2D eigenvalue weighted by atomic mass is 35.5. The Morgan fingerprint density at radius 2 is 1.89 bits per heavy atom. The third-order valence-electron chi connectivity index (χ3n) is 4.62. The molecule has 0 saturated heterocycles. The molecule has 2 heterocycles.